The summed E-state index contributed by atoms with van der Waals surface area (Å²) in [5.74, 6) is 0.344. The summed E-state index contributed by atoms with van der Waals surface area (Å²) in [7, 11) is 9.58. The third-order valence-corrected chi connectivity index (χ3v) is 5.18. The van der Waals surface area contributed by atoms with Gasteiger partial charge in [0.2, 0.25) is 0 Å². The molecule has 0 bridgehead atoms. The molecule has 3 aromatic rings. The Labute approximate surface area is 177 Å². The summed E-state index contributed by atoms with van der Waals surface area (Å²) in [5, 5.41) is 3.17. The highest BCUT2D eigenvalue weighted by Gasteiger charge is 2.22. The lowest BCUT2D eigenvalue weighted by Crippen LogP contribution is -2.30. The number of hydrogen-bond donors (Lipinski definition) is 3. The zero-order valence-corrected chi connectivity index (χ0v) is 18.2. The van der Waals surface area contributed by atoms with Crippen LogP contribution in [0.2, 0.25) is 0 Å². The summed E-state index contributed by atoms with van der Waals surface area (Å²) in [5.41, 5.74) is 11.4. The van der Waals surface area contributed by atoms with Crippen molar-refractivity contribution < 1.29 is 9.53 Å². The number of methoxy groups -OCH3 is 1. The quantitative estimate of drug-likeness (QED) is 0.499. The highest BCUT2D eigenvalue weighted by molar-refractivity contribution is 6.12. The molecule has 1 aromatic heterocycles. The smallest absolute Gasteiger partial charge is 0.253 e. The van der Waals surface area contributed by atoms with Gasteiger partial charge in [-0.15, -0.1) is 0 Å². The van der Waals surface area contributed by atoms with Gasteiger partial charge in [-0.05, 0) is 44.9 Å². The molecule has 0 unspecified atom stereocenters. The molecule has 0 fully saturated rings. The number of benzene rings is 2. The van der Waals surface area contributed by atoms with Gasteiger partial charge in [-0.3, -0.25) is 4.79 Å². The Morgan fingerprint density at radius 2 is 2.00 bits per heavy atom. The molecule has 0 atom stereocenters. The Morgan fingerprint density at radius 3 is 2.63 bits per heavy atom. The van der Waals surface area contributed by atoms with E-state index in [0.717, 1.165) is 41.2 Å². The fraction of sp³-hybridized carbons (Fsp3) is 0.364. The SMILES string of the molecule is CNCc1cc(-c2cc(N(C)CCN(C)C)c(C(N)=O)c3[nH]cnc23)ccc1OC. The van der Waals surface area contributed by atoms with Crippen LogP contribution in [0.3, 0.4) is 0 Å². The number of fused-ring (bicyclic) bond motifs is 1. The van der Waals surface area contributed by atoms with Crippen molar-refractivity contribution in [2.75, 3.05) is 53.3 Å². The minimum atomic E-state index is -0.479. The van der Waals surface area contributed by atoms with E-state index < -0.39 is 5.91 Å². The largest absolute Gasteiger partial charge is 0.496 e. The Kier molecular flexibility index (Phi) is 6.59. The van der Waals surface area contributed by atoms with Crippen LogP contribution in [0.1, 0.15) is 15.9 Å². The highest BCUT2D eigenvalue weighted by atomic mass is 16.5. The van der Waals surface area contributed by atoms with Gasteiger partial charge in [0.1, 0.15) is 5.75 Å². The second-order valence-corrected chi connectivity index (χ2v) is 7.59. The average Bonchev–Trinajstić information content (AvgIpc) is 3.20. The molecule has 4 N–H and O–H groups in total. The van der Waals surface area contributed by atoms with Crippen LogP contribution >= 0.6 is 0 Å². The van der Waals surface area contributed by atoms with E-state index in [4.69, 9.17) is 10.5 Å². The number of aromatic amines is 1. The van der Waals surface area contributed by atoms with Crippen LogP contribution in [-0.2, 0) is 6.54 Å². The number of H-pyrrole nitrogens is 1. The molecule has 30 heavy (non-hydrogen) atoms. The van der Waals surface area contributed by atoms with Gasteiger partial charge in [-0.1, -0.05) is 6.07 Å². The molecule has 0 aliphatic carbocycles. The summed E-state index contributed by atoms with van der Waals surface area (Å²) >= 11 is 0. The number of rotatable bonds is 9. The first-order valence-corrected chi connectivity index (χ1v) is 9.85. The molecule has 0 aliphatic rings. The molecule has 0 saturated carbocycles. The Balaban J connectivity index is 2.21. The van der Waals surface area contributed by atoms with Crippen molar-refractivity contribution in [1.82, 2.24) is 20.2 Å². The van der Waals surface area contributed by atoms with E-state index >= 15 is 0 Å². The van der Waals surface area contributed by atoms with Crippen LogP contribution in [0.4, 0.5) is 5.69 Å². The van der Waals surface area contributed by atoms with Crippen molar-refractivity contribution in [3.05, 3.63) is 41.7 Å². The van der Waals surface area contributed by atoms with Crippen LogP contribution in [0.5, 0.6) is 5.75 Å². The Morgan fingerprint density at radius 1 is 1.23 bits per heavy atom. The summed E-state index contributed by atoms with van der Waals surface area (Å²) < 4.78 is 5.49. The summed E-state index contributed by atoms with van der Waals surface area (Å²) in [6, 6.07) is 8.06. The number of anilines is 1. The molecule has 0 radical (unpaired) electrons. The van der Waals surface area contributed by atoms with Gasteiger partial charge in [0.25, 0.3) is 5.91 Å². The van der Waals surface area contributed by atoms with Gasteiger partial charge in [0, 0.05) is 37.8 Å². The van der Waals surface area contributed by atoms with Gasteiger partial charge < -0.3 is 30.6 Å². The molecule has 3 rings (SSSR count). The summed E-state index contributed by atoms with van der Waals surface area (Å²) in [6.45, 7) is 2.27. The highest BCUT2D eigenvalue weighted by Crippen LogP contribution is 2.37. The number of nitrogens with two attached hydrogens (primary N) is 1. The van der Waals surface area contributed by atoms with Gasteiger partial charge in [-0.2, -0.15) is 0 Å². The van der Waals surface area contributed by atoms with Gasteiger partial charge in [0.05, 0.1) is 35.7 Å². The van der Waals surface area contributed by atoms with E-state index in [9.17, 15) is 4.79 Å². The maximum Gasteiger partial charge on any atom is 0.253 e. The lowest BCUT2D eigenvalue weighted by molar-refractivity contribution is 0.100. The summed E-state index contributed by atoms with van der Waals surface area (Å²) in [6.07, 6.45) is 1.60. The number of carbonyl (C=O) groups is 1. The number of imidazole rings is 1. The number of hydrogen-bond acceptors (Lipinski definition) is 6. The first-order valence-electron chi connectivity index (χ1n) is 9.85. The van der Waals surface area contributed by atoms with Crippen molar-refractivity contribution >= 4 is 22.6 Å². The zero-order valence-electron chi connectivity index (χ0n) is 18.2. The maximum absolute atomic E-state index is 12.4. The fourth-order valence-electron chi connectivity index (χ4n) is 3.61. The molecular weight excluding hydrogens is 380 g/mol. The molecule has 0 aliphatic heterocycles. The molecule has 160 valence electrons. The minimum Gasteiger partial charge on any atom is -0.496 e. The molecule has 8 nitrogen and oxygen atoms in total. The van der Waals surface area contributed by atoms with Gasteiger partial charge in [0.15, 0.2) is 0 Å². The number of carbonyl (C=O) groups excluding carboxylic acids is 1. The number of primary amides is 1. The first kappa shape index (κ1) is 21.6. The zero-order chi connectivity index (χ0) is 21.8. The lowest BCUT2D eigenvalue weighted by Gasteiger charge is -2.24. The summed E-state index contributed by atoms with van der Waals surface area (Å²) in [4.78, 5) is 24.1. The van der Waals surface area contributed by atoms with E-state index in [0.29, 0.717) is 23.1 Å². The number of aromatic nitrogens is 2. The van der Waals surface area contributed by atoms with Gasteiger partial charge >= 0.3 is 0 Å². The van der Waals surface area contributed by atoms with Crippen molar-refractivity contribution in [2.24, 2.45) is 5.73 Å². The number of nitrogens with zero attached hydrogens (tertiary/aromatic N) is 3. The van der Waals surface area contributed by atoms with Crippen LogP contribution in [-0.4, -0.2) is 69.2 Å². The van der Waals surface area contributed by atoms with Crippen molar-refractivity contribution in [3.8, 4) is 16.9 Å². The van der Waals surface area contributed by atoms with E-state index in [1.807, 2.05) is 46.4 Å². The molecule has 0 saturated heterocycles. The molecule has 2 aromatic carbocycles. The van der Waals surface area contributed by atoms with E-state index in [1.165, 1.54) is 0 Å². The van der Waals surface area contributed by atoms with Crippen molar-refractivity contribution in [2.45, 2.75) is 6.54 Å². The Hall–Kier alpha value is -3.10. The normalized spacial score (nSPS) is 11.3. The molecule has 1 heterocycles. The standard InChI is InChI=1S/C22H30N6O2/c1-24-12-15-10-14(6-7-18(15)30-5)16-11-17(28(4)9-8-27(2)3)19(22(23)29)21-20(16)25-13-26-21/h6-7,10-11,13,24H,8-9,12H2,1-5H3,(H2,23,29)(H,25,26). The van der Waals surface area contributed by atoms with E-state index in [-0.39, 0.29) is 0 Å². The number of ether oxygens (including phenoxy) is 1. The third kappa shape index (κ3) is 4.24. The molecule has 8 heteroatoms. The van der Waals surface area contributed by atoms with Crippen LogP contribution in [0.25, 0.3) is 22.2 Å². The second kappa shape index (κ2) is 9.15. The molecular formula is C22H30N6O2. The monoisotopic (exact) mass is 410 g/mol. The third-order valence-electron chi connectivity index (χ3n) is 5.18. The van der Waals surface area contributed by atoms with Crippen LogP contribution in [0, 0.1) is 0 Å². The first-order chi connectivity index (χ1) is 14.4. The predicted molar refractivity (Wildman–Crippen MR) is 121 cm³/mol. The van der Waals surface area contributed by atoms with Crippen molar-refractivity contribution in [3.63, 3.8) is 0 Å². The minimum absolute atomic E-state index is 0.455. The molecule has 0 spiro atoms. The van der Waals surface area contributed by atoms with Gasteiger partial charge in [-0.25, -0.2) is 4.98 Å². The maximum atomic E-state index is 12.4. The van der Waals surface area contributed by atoms with E-state index in [1.54, 1.807) is 13.4 Å². The van der Waals surface area contributed by atoms with E-state index in [2.05, 4.69) is 31.2 Å². The number of amides is 1. The van der Waals surface area contributed by atoms with Crippen molar-refractivity contribution in [1.29, 1.82) is 0 Å². The number of likely N-dealkylation sites (N-methyl/N-ethyl adjacent to an activating group) is 2. The topological polar surface area (TPSA) is 99.5 Å². The number of nitrogens with one attached hydrogen (secondary N) is 2. The van der Waals surface area contributed by atoms with Crippen LogP contribution < -0.4 is 20.7 Å². The van der Waals surface area contributed by atoms with Crippen LogP contribution in [0.15, 0.2) is 30.6 Å². The Bertz CT molecular complexity index is 1040. The fourth-order valence-corrected chi connectivity index (χ4v) is 3.61. The molecule has 1 amide bonds. The predicted octanol–water partition coefficient (Wildman–Crippen LogP) is 2.05. The average molecular weight is 411 g/mol. The lowest BCUT2D eigenvalue weighted by atomic mass is 9.97. The second-order valence-electron chi connectivity index (χ2n) is 7.59.